The van der Waals surface area contributed by atoms with Gasteiger partial charge in [-0.1, -0.05) is 6.92 Å². The summed E-state index contributed by atoms with van der Waals surface area (Å²) in [6.45, 7) is 7.84. The van der Waals surface area contributed by atoms with E-state index < -0.39 is 0 Å². The monoisotopic (exact) mass is 225 g/mol. The molecule has 0 aliphatic heterocycles. The van der Waals surface area contributed by atoms with Gasteiger partial charge in [0.15, 0.2) is 0 Å². The Labute approximate surface area is 96.8 Å². The molecule has 16 heavy (non-hydrogen) atoms. The summed E-state index contributed by atoms with van der Waals surface area (Å²) in [5.74, 6) is 0.468. The Bertz CT molecular complexity index is 308. The molecule has 0 atom stereocenters. The van der Waals surface area contributed by atoms with Crippen LogP contribution in [0.25, 0.3) is 0 Å². The fourth-order valence-corrected chi connectivity index (χ4v) is 1.21. The Hall–Kier alpha value is -1.09. The van der Waals surface area contributed by atoms with E-state index in [2.05, 4.69) is 26.1 Å². The minimum atomic E-state index is -0.238. The molecule has 0 unspecified atom stereocenters. The van der Waals surface area contributed by atoms with E-state index in [4.69, 9.17) is 4.74 Å². The largest absolute Gasteiger partial charge is 0.492 e. The second kappa shape index (κ2) is 5.85. The van der Waals surface area contributed by atoms with E-state index in [1.807, 2.05) is 0 Å². The number of nitrogens with one attached hydrogen (secondary N) is 1. The smallest absolute Gasteiger partial charge is 0.123 e. The van der Waals surface area contributed by atoms with Gasteiger partial charge in [-0.2, -0.15) is 0 Å². The van der Waals surface area contributed by atoms with E-state index in [9.17, 15) is 4.39 Å². The molecule has 3 heteroatoms. The van der Waals surface area contributed by atoms with Crippen LogP contribution in [0.3, 0.4) is 0 Å². The maximum atomic E-state index is 12.6. The molecule has 0 saturated heterocycles. The third-order valence-electron chi connectivity index (χ3n) is 2.67. The predicted octanol–water partition coefficient (Wildman–Crippen LogP) is 2.98. The van der Waals surface area contributed by atoms with E-state index in [-0.39, 0.29) is 11.4 Å². The average molecular weight is 225 g/mol. The summed E-state index contributed by atoms with van der Waals surface area (Å²) in [7, 11) is 0. The molecule has 0 amide bonds. The fourth-order valence-electron chi connectivity index (χ4n) is 1.21. The highest BCUT2D eigenvalue weighted by Gasteiger charge is 2.12. The molecule has 90 valence electrons. The van der Waals surface area contributed by atoms with E-state index in [1.165, 1.54) is 12.1 Å². The topological polar surface area (TPSA) is 21.3 Å². The first kappa shape index (κ1) is 13.0. The van der Waals surface area contributed by atoms with Crippen molar-refractivity contribution in [2.75, 3.05) is 13.2 Å². The van der Waals surface area contributed by atoms with Crippen molar-refractivity contribution < 1.29 is 9.13 Å². The number of hydrogen-bond acceptors (Lipinski definition) is 2. The summed E-state index contributed by atoms with van der Waals surface area (Å²) < 4.78 is 18.1. The molecule has 0 aliphatic carbocycles. The van der Waals surface area contributed by atoms with E-state index in [1.54, 1.807) is 12.1 Å². The zero-order valence-corrected chi connectivity index (χ0v) is 10.2. The van der Waals surface area contributed by atoms with Crippen LogP contribution in [0.5, 0.6) is 5.75 Å². The van der Waals surface area contributed by atoms with Crippen molar-refractivity contribution in [2.45, 2.75) is 32.7 Å². The van der Waals surface area contributed by atoms with Gasteiger partial charge in [0.05, 0.1) is 0 Å². The lowest BCUT2D eigenvalue weighted by Crippen LogP contribution is -2.40. The van der Waals surface area contributed by atoms with Crippen molar-refractivity contribution in [3.05, 3.63) is 30.1 Å². The van der Waals surface area contributed by atoms with Gasteiger partial charge in [0.25, 0.3) is 0 Å². The normalized spacial score (nSPS) is 11.5. The minimum absolute atomic E-state index is 0.145. The molecule has 0 aromatic heterocycles. The molecule has 0 fully saturated rings. The van der Waals surface area contributed by atoms with Gasteiger partial charge in [0, 0.05) is 12.1 Å². The van der Waals surface area contributed by atoms with Crippen molar-refractivity contribution in [2.24, 2.45) is 0 Å². The highest BCUT2D eigenvalue weighted by molar-refractivity contribution is 5.21. The van der Waals surface area contributed by atoms with Gasteiger partial charge in [0.1, 0.15) is 18.2 Å². The van der Waals surface area contributed by atoms with Gasteiger partial charge in [0.2, 0.25) is 0 Å². The van der Waals surface area contributed by atoms with Crippen molar-refractivity contribution in [3.8, 4) is 5.75 Å². The zero-order valence-electron chi connectivity index (χ0n) is 10.2. The maximum Gasteiger partial charge on any atom is 0.123 e. The van der Waals surface area contributed by atoms with Crippen LogP contribution in [0.2, 0.25) is 0 Å². The summed E-state index contributed by atoms with van der Waals surface area (Å²) in [4.78, 5) is 0. The Morgan fingerprint density at radius 2 is 1.88 bits per heavy atom. The molecule has 1 aromatic rings. The SMILES string of the molecule is CCC(C)(C)NCCOc1ccc(F)cc1. The molecular weight excluding hydrogens is 205 g/mol. The molecule has 0 spiro atoms. The fraction of sp³-hybridized carbons (Fsp3) is 0.538. The number of ether oxygens (including phenoxy) is 1. The Morgan fingerprint density at radius 3 is 2.44 bits per heavy atom. The lowest BCUT2D eigenvalue weighted by molar-refractivity contribution is 0.280. The van der Waals surface area contributed by atoms with E-state index in [0.29, 0.717) is 12.4 Å². The van der Waals surface area contributed by atoms with Crippen LogP contribution in [-0.4, -0.2) is 18.7 Å². The Balaban J connectivity index is 2.23. The van der Waals surface area contributed by atoms with Crippen LogP contribution in [0.15, 0.2) is 24.3 Å². The number of halogens is 1. The highest BCUT2D eigenvalue weighted by Crippen LogP contribution is 2.11. The third-order valence-corrected chi connectivity index (χ3v) is 2.67. The van der Waals surface area contributed by atoms with Gasteiger partial charge in [-0.05, 0) is 44.5 Å². The summed E-state index contributed by atoms with van der Waals surface area (Å²) in [5.41, 5.74) is 0.145. The molecule has 0 radical (unpaired) electrons. The van der Waals surface area contributed by atoms with Crippen LogP contribution in [-0.2, 0) is 0 Å². The molecule has 1 N–H and O–H groups in total. The number of benzene rings is 1. The predicted molar refractivity (Wildman–Crippen MR) is 64.3 cm³/mol. The standard InChI is InChI=1S/C13H20FNO/c1-4-13(2,3)15-9-10-16-12-7-5-11(14)6-8-12/h5-8,15H,4,9-10H2,1-3H3. The Morgan fingerprint density at radius 1 is 1.25 bits per heavy atom. The van der Waals surface area contributed by atoms with Crippen molar-refractivity contribution in [1.29, 1.82) is 0 Å². The summed E-state index contributed by atoms with van der Waals surface area (Å²) >= 11 is 0. The summed E-state index contributed by atoms with van der Waals surface area (Å²) in [6.07, 6.45) is 1.07. The van der Waals surface area contributed by atoms with Crippen molar-refractivity contribution >= 4 is 0 Å². The van der Waals surface area contributed by atoms with Gasteiger partial charge >= 0.3 is 0 Å². The second-order valence-corrected chi connectivity index (χ2v) is 4.47. The minimum Gasteiger partial charge on any atom is -0.492 e. The van der Waals surface area contributed by atoms with Crippen molar-refractivity contribution in [3.63, 3.8) is 0 Å². The van der Waals surface area contributed by atoms with Gasteiger partial charge < -0.3 is 10.1 Å². The van der Waals surface area contributed by atoms with Gasteiger partial charge in [-0.25, -0.2) is 4.39 Å². The molecule has 1 rings (SSSR count). The summed E-state index contributed by atoms with van der Waals surface area (Å²) in [5, 5.41) is 3.39. The first-order chi connectivity index (χ1) is 7.53. The molecule has 0 bridgehead atoms. The van der Waals surface area contributed by atoms with Crippen LogP contribution >= 0.6 is 0 Å². The molecule has 0 saturated carbocycles. The maximum absolute atomic E-state index is 12.6. The van der Waals surface area contributed by atoms with Crippen LogP contribution < -0.4 is 10.1 Å². The molecular formula is C13H20FNO. The quantitative estimate of drug-likeness (QED) is 0.751. The van der Waals surface area contributed by atoms with Crippen LogP contribution in [0, 0.1) is 5.82 Å². The molecule has 0 aliphatic rings. The zero-order chi connectivity index (χ0) is 12.0. The van der Waals surface area contributed by atoms with Gasteiger partial charge in [-0.3, -0.25) is 0 Å². The number of hydrogen-bond donors (Lipinski definition) is 1. The molecule has 0 heterocycles. The second-order valence-electron chi connectivity index (χ2n) is 4.47. The van der Waals surface area contributed by atoms with Crippen LogP contribution in [0.1, 0.15) is 27.2 Å². The highest BCUT2D eigenvalue weighted by atomic mass is 19.1. The third kappa shape index (κ3) is 4.62. The summed E-state index contributed by atoms with van der Waals surface area (Å²) in [6, 6.07) is 6.08. The first-order valence-electron chi connectivity index (χ1n) is 5.67. The van der Waals surface area contributed by atoms with Crippen molar-refractivity contribution in [1.82, 2.24) is 5.32 Å². The lowest BCUT2D eigenvalue weighted by Gasteiger charge is -2.24. The first-order valence-corrected chi connectivity index (χ1v) is 5.67. The average Bonchev–Trinajstić information content (AvgIpc) is 2.27. The Kier molecular flexibility index (Phi) is 4.74. The lowest BCUT2D eigenvalue weighted by atomic mass is 10.0. The molecule has 2 nitrogen and oxygen atoms in total. The number of rotatable bonds is 6. The van der Waals surface area contributed by atoms with Gasteiger partial charge in [-0.15, -0.1) is 0 Å². The van der Waals surface area contributed by atoms with Crippen LogP contribution in [0.4, 0.5) is 4.39 Å². The molecule has 1 aromatic carbocycles. The van der Waals surface area contributed by atoms with E-state index in [0.717, 1.165) is 13.0 Å². The van der Waals surface area contributed by atoms with E-state index >= 15 is 0 Å².